The smallest absolute Gasteiger partial charge is 0.265 e. The Hall–Kier alpha value is -2.47. The van der Waals surface area contributed by atoms with Gasteiger partial charge in [0.05, 0.1) is 5.02 Å². The van der Waals surface area contributed by atoms with Crippen LogP contribution in [0.5, 0.6) is 0 Å². The van der Waals surface area contributed by atoms with Gasteiger partial charge in [-0.3, -0.25) is 9.59 Å². The summed E-state index contributed by atoms with van der Waals surface area (Å²) >= 11 is 6.05. The highest BCUT2D eigenvalue weighted by Crippen LogP contribution is 2.38. The van der Waals surface area contributed by atoms with Gasteiger partial charge in [-0.25, -0.2) is 8.78 Å². The second-order valence-electron chi connectivity index (χ2n) is 7.26. The molecule has 1 amide bonds. The highest BCUT2D eigenvalue weighted by Gasteiger charge is 2.27. The van der Waals surface area contributed by atoms with E-state index in [4.69, 9.17) is 11.6 Å². The lowest BCUT2D eigenvalue weighted by Crippen LogP contribution is -2.23. The number of hydrogen-bond donors (Lipinski definition) is 2. The summed E-state index contributed by atoms with van der Waals surface area (Å²) in [5.74, 6) is 0.281. The first kappa shape index (κ1) is 18.9. The molecule has 2 heterocycles. The molecule has 2 fully saturated rings. The maximum absolute atomic E-state index is 13.0. The van der Waals surface area contributed by atoms with Crippen LogP contribution in [0.3, 0.4) is 0 Å². The van der Waals surface area contributed by atoms with Crippen molar-refractivity contribution in [2.75, 3.05) is 0 Å². The highest BCUT2D eigenvalue weighted by molar-refractivity contribution is 6.31. The fourth-order valence-corrected chi connectivity index (χ4v) is 3.80. The monoisotopic (exact) mass is 404 g/mol. The Morgan fingerprint density at radius 3 is 2.50 bits per heavy atom. The minimum absolute atomic E-state index is 0.0363. The molecule has 2 N–H and O–H groups in total. The minimum atomic E-state index is -2.67. The Morgan fingerprint density at radius 2 is 1.93 bits per heavy atom. The average Bonchev–Trinajstić information content (AvgIpc) is 3.40. The Bertz CT molecular complexity index is 1010. The quantitative estimate of drug-likeness (QED) is 0.767. The van der Waals surface area contributed by atoms with Gasteiger partial charge in [-0.05, 0) is 42.9 Å². The molecule has 4 nitrogen and oxygen atoms in total. The van der Waals surface area contributed by atoms with E-state index in [1.54, 1.807) is 6.07 Å². The van der Waals surface area contributed by atoms with E-state index in [1.165, 1.54) is 12.1 Å². The molecular weight excluding hydrogens is 386 g/mol. The number of H-pyrrole nitrogens is 1. The molecule has 1 unspecified atom stereocenters. The molecule has 28 heavy (non-hydrogen) atoms. The Balaban J connectivity index is 1.77. The molecule has 0 radical (unpaired) electrons. The van der Waals surface area contributed by atoms with Crippen molar-refractivity contribution < 1.29 is 13.6 Å². The summed E-state index contributed by atoms with van der Waals surface area (Å²) in [5.41, 5.74) is 2.20. The predicted octanol–water partition coefficient (Wildman–Crippen LogP) is 4.55. The van der Waals surface area contributed by atoms with E-state index < -0.39 is 6.43 Å². The molecule has 1 saturated heterocycles. The van der Waals surface area contributed by atoms with Crippen LogP contribution >= 0.6 is 11.6 Å². The zero-order chi connectivity index (χ0) is 19.8. The van der Waals surface area contributed by atoms with Crippen LogP contribution in [0, 0.1) is 0 Å². The van der Waals surface area contributed by atoms with Crippen molar-refractivity contribution in [2.24, 2.45) is 0 Å². The van der Waals surface area contributed by atoms with Crippen LogP contribution in [0.15, 0.2) is 41.2 Å². The van der Waals surface area contributed by atoms with Crippen LogP contribution in [0.2, 0.25) is 5.02 Å². The number of nitrogens with one attached hydrogen (secondary N) is 2. The molecule has 7 heteroatoms. The number of benzene rings is 1. The van der Waals surface area contributed by atoms with Crippen LogP contribution in [0.1, 0.15) is 60.4 Å². The summed E-state index contributed by atoms with van der Waals surface area (Å²) in [6, 6.07) is 7.78. The van der Waals surface area contributed by atoms with E-state index in [9.17, 15) is 18.4 Å². The molecule has 2 aliphatic rings. The number of hydrogen-bond acceptors (Lipinski definition) is 2. The number of carbonyl (C=O) groups is 1. The topological polar surface area (TPSA) is 62.0 Å². The first-order valence-corrected chi connectivity index (χ1v) is 9.63. The maximum Gasteiger partial charge on any atom is 0.265 e. The van der Waals surface area contributed by atoms with Crippen LogP contribution < -0.4 is 10.9 Å². The van der Waals surface area contributed by atoms with Gasteiger partial charge < -0.3 is 10.3 Å². The second-order valence-corrected chi connectivity index (χ2v) is 7.67. The molecule has 1 aromatic carbocycles. The van der Waals surface area contributed by atoms with Gasteiger partial charge in [0.1, 0.15) is 0 Å². The lowest BCUT2D eigenvalue weighted by atomic mass is 9.97. The zero-order valence-corrected chi connectivity index (χ0v) is 15.7. The van der Waals surface area contributed by atoms with E-state index in [0.717, 1.165) is 18.4 Å². The number of aromatic amines is 1. The summed E-state index contributed by atoms with van der Waals surface area (Å²) in [7, 11) is 0. The van der Waals surface area contributed by atoms with Gasteiger partial charge in [0.25, 0.3) is 12.0 Å². The number of pyridine rings is 1. The van der Waals surface area contributed by atoms with E-state index in [2.05, 4.69) is 10.3 Å². The van der Waals surface area contributed by atoms with Crippen molar-refractivity contribution in [2.45, 2.75) is 44.1 Å². The van der Waals surface area contributed by atoms with Crippen molar-refractivity contribution >= 4 is 23.1 Å². The first-order valence-electron chi connectivity index (χ1n) is 9.25. The van der Waals surface area contributed by atoms with E-state index in [1.807, 2.05) is 18.2 Å². The molecule has 1 aromatic heterocycles. The van der Waals surface area contributed by atoms with Crippen molar-refractivity contribution in [3.05, 3.63) is 74.2 Å². The van der Waals surface area contributed by atoms with E-state index >= 15 is 0 Å². The first-order chi connectivity index (χ1) is 13.4. The van der Waals surface area contributed by atoms with Gasteiger partial charge in [-0.15, -0.1) is 0 Å². The fraction of sp³-hybridized carbons (Fsp3) is 0.333. The second kappa shape index (κ2) is 7.51. The number of alkyl halides is 2. The third kappa shape index (κ3) is 3.87. The van der Waals surface area contributed by atoms with Crippen LogP contribution in [-0.4, -0.2) is 16.9 Å². The predicted molar refractivity (Wildman–Crippen MR) is 104 cm³/mol. The van der Waals surface area contributed by atoms with Gasteiger partial charge in [-0.2, -0.15) is 0 Å². The van der Waals surface area contributed by atoms with Crippen molar-refractivity contribution in [3.8, 4) is 0 Å². The van der Waals surface area contributed by atoms with Crippen LogP contribution in [-0.2, 0) is 4.79 Å². The summed E-state index contributed by atoms with van der Waals surface area (Å²) in [5, 5.41) is 2.83. The van der Waals surface area contributed by atoms with Gasteiger partial charge in [0.15, 0.2) is 0 Å². The van der Waals surface area contributed by atoms with E-state index in [-0.39, 0.29) is 28.1 Å². The lowest BCUT2D eigenvalue weighted by molar-refractivity contribution is -0.119. The molecule has 1 atom stereocenters. The number of carbonyl (C=O) groups excluding carboxylic acids is 1. The highest BCUT2D eigenvalue weighted by atomic mass is 35.5. The van der Waals surface area contributed by atoms with Gasteiger partial charge in [-0.1, -0.05) is 35.9 Å². The molecule has 1 saturated carbocycles. The summed E-state index contributed by atoms with van der Waals surface area (Å²) in [4.78, 5) is 26.9. The number of aromatic nitrogens is 1. The Morgan fingerprint density at radius 1 is 1.14 bits per heavy atom. The molecule has 0 bridgehead atoms. The molecule has 4 rings (SSSR count). The summed E-state index contributed by atoms with van der Waals surface area (Å²) in [6.07, 6.45) is 2.28. The molecule has 1 aliphatic carbocycles. The molecule has 2 aromatic rings. The number of amides is 1. The fourth-order valence-electron chi connectivity index (χ4n) is 3.53. The largest absolute Gasteiger partial charge is 0.350 e. The van der Waals surface area contributed by atoms with Crippen molar-refractivity contribution in [1.82, 2.24) is 10.3 Å². The van der Waals surface area contributed by atoms with Gasteiger partial charge in [0, 0.05) is 34.9 Å². The third-order valence-electron chi connectivity index (χ3n) is 5.19. The normalized spacial score (nSPS) is 19.9. The summed E-state index contributed by atoms with van der Waals surface area (Å²) in [6.45, 7) is 0. The van der Waals surface area contributed by atoms with E-state index in [0.29, 0.717) is 35.6 Å². The lowest BCUT2D eigenvalue weighted by Gasteiger charge is -2.14. The van der Waals surface area contributed by atoms with Gasteiger partial charge in [0.2, 0.25) is 5.91 Å². The molecular formula is C21H19ClF2N2O2. The maximum atomic E-state index is 13.0. The SMILES string of the molecule is O=C1CCC(/C=C(\c2ccc(C(F)F)c(Cl)c2)c2ccc(C3CC3)c(=O)[nH]2)N1. The third-order valence-corrected chi connectivity index (χ3v) is 5.52. The zero-order valence-electron chi connectivity index (χ0n) is 15.0. The number of rotatable bonds is 5. The minimum Gasteiger partial charge on any atom is -0.350 e. The molecule has 0 spiro atoms. The van der Waals surface area contributed by atoms with Gasteiger partial charge >= 0.3 is 0 Å². The molecule has 1 aliphatic heterocycles. The van der Waals surface area contributed by atoms with Crippen LogP contribution in [0.4, 0.5) is 8.78 Å². The Kier molecular flexibility index (Phi) is 5.06. The summed E-state index contributed by atoms with van der Waals surface area (Å²) < 4.78 is 26.1. The average molecular weight is 405 g/mol. The van der Waals surface area contributed by atoms with Crippen molar-refractivity contribution in [3.63, 3.8) is 0 Å². The number of halogens is 3. The molecule has 146 valence electrons. The van der Waals surface area contributed by atoms with Crippen LogP contribution in [0.25, 0.3) is 5.57 Å². The van der Waals surface area contributed by atoms with Crippen molar-refractivity contribution in [1.29, 1.82) is 0 Å². The standard InChI is InChI=1S/C21H19ClF2N2O2/c22-17-9-12(3-5-15(17)20(23)24)16(10-13-4-8-19(27)25-13)18-7-6-14(11-1-2-11)21(28)26-18/h3,5-7,9-11,13,20H,1-2,4,8H2,(H,25,27)(H,26,28)/b16-10+. The Labute approximate surface area is 165 Å².